The van der Waals surface area contributed by atoms with Crippen LogP contribution in [0.2, 0.25) is 0 Å². The minimum absolute atomic E-state index is 0.106. The second-order valence-corrected chi connectivity index (χ2v) is 10.1. The molecule has 4 aromatic carbocycles. The molecule has 0 heterocycles. The van der Waals surface area contributed by atoms with Crippen LogP contribution in [0.5, 0.6) is 5.75 Å². The minimum atomic E-state index is -3.76. The second-order valence-electron chi connectivity index (χ2n) is 8.43. The zero-order valence-corrected chi connectivity index (χ0v) is 20.7. The molecule has 0 spiro atoms. The molecule has 4 rings (SSSR count). The summed E-state index contributed by atoms with van der Waals surface area (Å²) in [4.78, 5) is 13.0. The van der Waals surface area contributed by atoms with Gasteiger partial charge in [0, 0.05) is 11.1 Å². The van der Waals surface area contributed by atoms with Crippen molar-refractivity contribution in [2.24, 2.45) is 0 Å². The number of anilines is 2. The largest absolute Gasteiger partial charge is 0.480 e. The third-order valence-corrected chi connectivity index (χ3v) is 7.12. The fourth-order valence-corrected chi connectivity index (χ4v) is 4.98. The Morgan fingerprint density at radius 3 is 2.34 bits per heavy atom. The minimum Gasteiger partial charge on any atom is -0.480 e. The quantitative estimate of drug-likeness (QED) is 0.316. The van der Waals surface area contributed by atoms with Gasteiger partial charge in [0.15, 0.2) is 6.10 Å². The van der Waals surface area contributed by atoms with Crippen molar-refractivity contribution in [3.05, 3.63) is 96.1 Å². The molecule has 35 heavy (non-hydrogen) atoms. The van der Waals surface area contributed by atoms with Gasteiger partial charge in [-0.1, -0.05) is 61.0 Å². The molecule has 2 N–H and O–H groups in total. The van der Waals surface area contributed by atoms with Crippen molar-refractivity contribution < 1.29 is 17.9 Å². The molecule has 0 aliphatic heterocycles. The van der Waals surface area contributed by atoms with Gasteiger partial charge in [0.1, 0.15) is 5.75 Å². The number of carbonyl (C=O) groups is 1. The molecule has 0 unspecified atom stereocenters. The summed E-state index contributed by atoms with van der Waals surface area (Å²) < 4.78 is 34.3. The molecule has 0 aliphatic rings. The Morgan fingerprint density at radius 2 is 1.63 bits per heavy atom. The van der Waals surface area contributed by atoms with Crippen LogP contribution in [0.15, 0.2) is 89.8 Å². The predicted octanol–water partition coefficient (Wildman–Crippen LogP) is 6.05. The lowest BCUT2D eigenvalue weighted by atomic mass is 10.1. The van der Waals surface area contributed by atoms with Gasteiger partial charge in [0.2, 0.25) is 0 Å². The van der Waals surface area contributed by atoms with E-state index in [1.165, 1.54) is 12.1 Å². The van der Waals surface area contributed by atoms with Crippen molar-refractivity contribution in [2.45, 2.75) is 38.2 Å². The molecule has 0 radical (unpaired) electrons. The third-order valence-electron chi connectivity index (χ3n) is 5.74. The van der Waals surface area contributed by atoms with Crippen LogP contribution in [0.4, 0.5) is 11.4 Å². The second kappa shape index (κ2) is 10.2. The predicted molar refractivity (Wildman–Crippen MR) is 140 cm³/mol. The van der Waals surface area contributed by atoms with E-state index in [2.05, 4.69) is 10.0 Å². The van der Waals surface area contributed by atoms with Crippen LogP contribution in [0.1, 0.15) is 24.5 Å². The Labute approximate surface area is 206 Å². The van der Waals surface area contributed by atoms with Crippen LogP contribution < -0.4 is 14.8 Å². The van der Waals surface area contributed by atoms with Crippen LogP contribution in [0, 0.1) is 13.8 Å². The first kappa shape index (κ1) is 24.3. The van der Waals surface area contributed by atoms with E-state index in [4.69, 9.17) is 4.74 Å². The van der Waals surface area contributed by atoms with Crippen LogP contribution in [0.3, 0.4) is 0 Å². The first-order chi connectivity index (χ1) is 16.8. The van der Waals surface area contributed by atoms with E-state index in [0.29, 0.717) is 23.5 Å². The third kappa shape index (κ3) is 5.63. The number of sulfonamides is 1. The number of hydrogen-bond acceptors (Lipinski definition) is 4. The molecule has 0 saturated carbocycles. The van der Waals surface area contributed by atoms with Crippen LogP contribution in [-0.4, -0.2) is 20.4 Å². The summed E-state index contributed by atoms with van der Waals surface area (Å²) in [5.74, 6) is 0.341. The zero-order chi connectivity index (χ0) is 25.0. The SMILES string of the molecule is CC[C@@H](Oc1cccc2ccccc12)C(=O)Nc1ccc(S(=O)(=O)Nc2ccc(C)cc2C)cc1. The summed E-state index contributed by atoms with van der Waals surface area (Å²) in [6.45, 7) is 5.69. The van der Waals surface area contributed by atoms with Crippen molar-refractivity contribution in [1.29, 1.82) is 0 Å². The van der Waals surface area contributed by atoms with Gasteiger partial charge in [-0.05, 0) is 67.6 Å². The lowest BCUT2D eigenvalue weighted by Gasteiger charge is -2.19. The first-order valence-electron chi connectivity index (χ1n) is 11.4. The Morgan fingerprint density at radius 1 is 0.914 bits per heavy atom. The van der Waals surface area contributed by atoms with Gasteiger partial charge >= 0.3 is 0 Å². The van der Waals surface area contributed by atoms with E-state index in [9.17, 15) is 13.2 Å². The standard InChI is InChI=1S/C28H28N2O4S/c1-4-26(34-27-11-7-9-21-8-5-6-10-24(21)27)28(31)29-22-13-15-23(16-14-22)35(32,33)30-25-17-12-19(2)18-20(25)3/h5-18,26,30H,4H2,1-3H3,(H,29,31)/t26-/m1/s1. The molecule has 0 saturated heterocycles. The average molecular weight is 489 g/mol. The fourth-order valence-electron chi connectivity index (χ4n) is 3.85. The zero-order valence-electron chi connectivity index (χ0n) is 19.9. The number of carbonyl (C=O) groups excluding carboxylic acids is 1. The number of benzene rings is 4. The van der Waals surface area contributed by atoms with Gasteiger partial charge in [0.05, 0.1) is 10.6 Å². The van der Waals surface area contributed by atoms with Gasteiger partial charge in [-0.15, -0.1) is 0 Å². The van der Waals surface area contributed by atoms with E-state index in [-0.39, 0.29) is 10.8 Å². The molecule has 0 aliphatic carbocycles. The van der Waals surface area contributed by atoms with Crippen molar-refractivity contribution in [2.75, 3.05) is 10.0 Å². The number of fused-ring (bicyclic) bond motifs is 1. The maximum absolute atomic E-state index is 12.9. The highest BCUT2D eigenvalue weighted by molar-refractivity contribution is 7.92. The van der Waals surface area contributed by atoms with Crippen molar-refractivity contribution in [3.8, 4) is 5.75 Å². The Kier molecular flexibility index (Phi) is 7.07. The highest BCUT2D eigenvalue weighted by Crippen LogP contribution is 2.27. The number of hydrogen-bond donors (Lipinski definition) is 2. The lowest BCUT2D eigenvalue weighted by molar-refractivity contribution is -0.122. The molecule has 7 heteroatoms. The normalized spacial score (nSPS) is 12.2. The molecule has 180 valence electrons. The van der Waals surface area contributed by atoms with Gasteiger partial charge < -0.3 is 10.1 Å². The maximum Gasteiger partial charge on any atom is 0.265 e. The van der Waals surface area contributed by atoms with E-state index < -0.39 is 16.1 Å². The summed E-state index contributed by atoms with van der Waals surface area (Å²) in [6.07, 6.45) is -0.225. The molecule has 4 aromatic rings. The van der Waals surface area contributed by atoms with Gasteiger partial charge in [-0.3, -0.25) is 9.52 Å². The number of amides is 1. The summed E-state index contributed by atoms with van der Waals surface area (Å²) >= 11 is 0. The van der Waals surface area contributed by atoms with E-state index in [1.807, 2.05) is 75.4 Å². The Hall–Kier alpha value is -3.84. The first-order valence-corrected chi connectivity index (χ1v) is 12.9. The Balaban J connectivity index is 1.45. The highest BCUT2D eigenvalue weighted by atomic mass is 32.2. The molecule has 6 nitrogen and oxygen atoms in total. The lowest BCUT2D eigenvalue weighted by Crippen LogP contribution is -2.32. The van der Waals surface area contributed by atoms with Crippen molar-refractivity contribution in [3.63, 3.8) is 0 Å². The highest BCUT2D eigenvalue weighted by Gasteiger charge is 2.20. The monoisotopic (exact) mass is 488 g/mol. The summed E-state index contributed by atoms with van der Waals surface area (Å²) in [7, 11) is -3.76. The fraction of sp³-hybridized carbons (Fsp3) is 0.179. The van der Waals surface area contributed by atoms with Crippen LogP contribution in [-0.2, 0) is 14.8 Å². The average Bonchev–Trinajstić information content (AvgIpc) is 2.84. The van der Waals surface area contributed by atoms with Gasteiger partial charge in [-0.2, -0.15) is 0 Å². The van der Waals surface area contributed by atoms with E-state index >= 15 is 0 Å². The Bertz CT molecular complexity index is 1460. The summed E-state index contributed by atoms with van der Waals surface area (Å²) in [5.41, 5.74) is 2.92. The summed E-state index contributed by atoms with van der Waals surface area (Å²) in [5, 5.41) is 4.80. The number of aryl methyl sites for hydroxylation is 2. The van der Waals surface area contributed by atoms with Crippen molar-refractivity contribution in [1.82, 2.24) is 0 Å². The summed E-state index contributed by atoms with van der Waals surface area (Å²) in [6, 6.07) is 25.2. The molecule has 0 bridgehead atoms. The molecular formula is C28H28N2O4S. The molecule has 0 aromatic heterocycles. The van der Waals surface area contributed by atoms with Crippen LogP contribution >= 0.6 is 0 Å². The number of rotatable bonds is 8. The van der Waals surface area contributed by atoms with Crippen LogP contribution in [0.25, 0.3) is 10.8 Å². The molecular weight excluding hydrogens is 460 g/mol. The van der Waals surface area contributed by atoms with Crippen molar-refractivity contribution >= 4 is 38.1 Å². The molecule has 1 atom stereocenters. The van der Waals surface area contributed by atoms with Gasteiger partial charge in [-0.25, -0.2) is 8.42 Å². The molecule has 1 amide bonds. The number of nitrogens with one attached hydrogen (secondary N) is 2. The topological polar surface area (TPSA) is 84.5 Å². The number of ether oxygens (including phenoxy) is 1. The smallest absolute Gasteiger partial charge is 0.265 e. The van der Waals surface area contributed by atoms with E-state index in [0.717, 1.165) is 21.9 Å². The maximum atomic E-state index is 12.9. The van der Waals surface area contributed by atoms with Gasteiger partial charge in [0.25, 0.3) is 15.9 Å². The molecule has 0 fully saturated rings. The van der Waals surface area contributed by atoms with E-state index in [1.54, 1.807) is 18.2 Å².